The van der Waals surface area contributed by atoms with Gasteiger partial charge in [0.1, 0.15) is 0 Å². The molecule has 1 aromatic heterocycles. The molecule has 8 heteroatoms. The summed E-state index contributed by atoms with van der Waals surface area (Å²) >= 11 is 1.66. The summed E-state index contributed by atoms with van der Waals surface area (Å²) in [6.45, 7) is 3.64. The van der Waals surface area contributed by atoms with Crippen LogP contribution in [0, 0.1) is 5.92 Å². The molecule has 1 fully saturated rings. The molecule has 4 rings (SSSR count). The highest BCUT2D eigenvalue weighted by atomic mass is 32.2. The van der Waals surface area contributed by atoms with Crippen LogP contribution in [-0.2, 0) is 27.9 Å². The molecule has 0 unspecified atom stereocenters. The molecule has 0 bridgehead atoms. The summed E-state index contributed by atoms with van der Waals surface area (Å²) in [5.41, 5.74) is 3.54. The lowest BCUT2D eigenvalue weighted by Gasteiger charge is -2.41. The third kappa shape index (κ3) is 5.65. The lowest BCUT2D eigenvalue weighted by Crippen LogP contribution is -2.38. The Bertz CT molecular complexity index is 1070. The average molecular weight is 468 g/mol. The van der Waals surface area contributed by atoms with E-state index in [0.29, 0.717) is 0 Å². The SMILES string of the molecule is CC(=O)Nc1ccc([C@H]2O[C@@H](CSc3nccn3C)[C@@H](C)[C@@H](c3ccc(CO)cc3)O2)cc1. The highest BCUT2D eigenvalue weighted by Gasteiger charge is 2.38. The topological polar surface area (TPSA) is 85.6 Å². The van der Waals surface area contributed by atoms with E-state index in [9.17, 15) is 9.90 Å². The Morgan fingerprint density at radius 1 is 1.12 bits per heavy atom. The number of ether oxygens (including phenoxy) is 2. The largest absolute Gasteiger partial charge is 0.392 e. The van der Waals surface area contributed by atoms with Crippen LogP contribution in [0.1, 0.15) is 42.9 Å². The second kappa shape index (κ2) is 10.5. The Morgan fingerprint density at radius 3 is 2.42 bits per heavy atom. The molecular weight excluding hydrogens is 438 g/mol. The van der Waals surface area contributed by atoms with Gasteiger partial charge in [0, 0.05) is 49.3 Å². The van der Waals surface area contributed by atoms with E-state index in [1.807, 2.05) is 66.3 Å². The van der Waals surface area contributed by atoms with Crippen LogP contribution in [0.5, 0.6) is 0 Å². The number of carbonyl (C=O) groups is 1. The van der Waals surface area contributed by atoms with E-state index < -0.39 is 6.29 Å². The minimum absolute atomic E-state index is 0.0106. The number of amides is 1. The molecule has 0 aliphatic carbocycles. The third-order valence-electron chi connectivity index (χ3n) is 5.78. The predicted octanol–water partition coefficient (Wildman–Crippen LogP) is 4.45. The Balaban J connectivity index is 1.57. The molecule has 2 heterocycles. The zero-order valence-corrected chi connectivity index (χ0v) is 19.8. The first kappa shape index (κ1) is 23.5. The summed E-state index contributed by atoms with van der Waals surface area (Å²) < 4.78 is 14.9. The molecule has 0 spiro atoms. The first-order chi connectivity index (χ1) is 15.9. The Labute approximate surface area is 198 Å². The maximum absolute atomic E-state index is 11.3. The number of nitrogens with one attached hydrogen (secondary N) is 1. The fraction of sp³-hybridized carbons (Fsp3) is 0.360. The van der Waals surface area contributed by atoms with E-state index in [1.54, 1.807) is 18.0 Å². The zero-order chi connectivity index (χ0) is 23.4. The molecule has 1 saturated heterocycles. The molecule has 2 N–H and O–H groups in total. The number of rotatable bonds is 7. The quantitative estimate of drug-likeness (QED) is 0.499. The number of imidazole rings is 1. The van der Waals surface area contributed by atoms with Gasteiger partial charge < -0.3 is 24.5 Å². The van der Waals surface area contributed by atoms with Gasteiger partial charge in [-0.2, -0.15) is 0 Å². The molecular formula is C25H29N3O4S. The van der Waals surface area contributed by atoms with Crippen LogP contribution in [0.4, 0.5) is 5.69 Å². The van der Waals surface area contributed by atoms with Crippen LogP contribution in [0.3, 0.4) is 0 Å². The van der Waals surface area contributed by atoms with Crippen LogP contribution >= 0.6 is 11.8 Å². The van der Waals surface area contributed by atoms with Crippen molar-refractivity contribution in [2.24, 2.45) is 13.0 Å². The number of benzene rings is 2. The van der Waals surface area contributed by atoms with Crippen LogP contribution < -0.4 is 5.32 Å². The van der Waals surface area contributed by atoms with Crippen molar-refractivity contribution in [1.29, 1.82) is 0 Å². The van der Waals surface area contributed by atoms with Crippen molar-refractivity contribution in [3.05, 3.63) is 77.6 Å². The van der Waals surface area contributed by atoms with Gasteiger partial charge in [0.2, 0.25) is 5.91 Å². The fourth-order valence-corrected chi connectivity index (χ4v) is 4.98. The normalized spacial score (nSPS) is 22.8. The van der Waals surface area contributed by atoms with E-state index in [2.05, 4.69) is 17.2 Å². The molecule has 3 aromatic rings. The van der Waals surface area contributed by atoms with E-state index >= 15 is 0 Å². The summed E-state index contributed by atoms with van der Waals surface area (Å²) in [4.78, 5) is 15.7. The Hall–Kier alpha value is -2.65. The summed E-state index contributed by atoms with van der Waals surface area (Å²) in [6, 6.07) is 15.4. The van der Waals surface area contributed by atoms with Gasteiger partial charge in [0.15, 0.2) is 11.4 Å². The van der Waals surface area contributed by atoms with Crippen molar-refractivity contribution in [2.45, 2.75) is 44.1 Å². The van der Waals surface area contributed by atoms with E-state index in [4.69, 9.17) is 9.47 Å². The number of hydrogen-bond acceptors (Lipinski definition) is 6. The van der Waals surface area contributed by atoms with Gasteiger partial charge in [0.25, 0.3) is 0 Å². The monoisotopic (exact) mass is 467 g/mol. The minimum atomic E-state index is -0.540. The van der Waals surface area contributed by atoms with E-state index in [1.165, 1.54) is 6.92 Å². The molecule has 4 atom stereocenters. The summed E-state index contributed by atoms with van der Waals surface area (Å²) in [6.07, 6.45) is 2.95. The second-order valence-corrected chi connectivity index (χ2v) is 9.24. The average Bonchev–Trinajstić information content (AvgIpc) is 3.23. The summed E-state index contributed by atoms with van der Waals surface area (Å²) in [7, 11) is 1.98. The van der Waals surface area contributed by atoms with Crippen LogP contribution in [-0.4, -0.2) is 32.4 Å². The van der Waals surface area contributed by atoms with Crippen LogP contribution in [0.15, 0.2) is 66.1 Å². The summed E-state index contributed by atoms with van der Waals surface area (Å²) in [5, 5.41) is 13.1. The number of aliphatic hydroxyl groups excluding tert-OH is 1. The molecule has 1 aliphatic heterocycles. The molecule has 0 radical (unpaired) electrons. The van der Waals surface area contributed by atoms with Gasteiger partial charge in [-0.05, 0) is 23.3 Å². The molecule has 1 amide bonds. The highest BCUT2D eigenvalue weighted by molar-refractivity contribution is 7.99. The second-order valence-electron chi connectivity index (χ2n) is 8.26. The van der Waals surface area contributed by atoms with Crippen molar-refractivity contribution < 1.29 is 19.4 Å². The number of aryl methyl sites for hydroxylation is 1. The number of hydrogen-bond donors (Lipinski definition) is 2. The van der Waals surface area contributed by atoms with Gasteiger partial charge in [-0.15, -0.1) is 0 Å². The fourth-order valence-electron chi connectivity index (χ4n) is 3.88. The van der Waals surface area contributed by atoms with Crippen molar-refractivity contribution in [2.75, 3.05) is 11.1 Å². The van der Waals surface area contributed by atoms with Gasteiger partial charge in [-0.3, -0.25) is 4.79 Å². The smallest absolute Gasteiger partial charge is 0.221 e. The third-order valence-corrected chi connectivity index (χ3v) is 6.93. The lowest BCUT2D eigenvalue weighted by atomic mass is 9.91. The number of thioether (sulfide) groups is 1. The van der Waals surface area contributed by atoms with E-state index in [-0.39, 0.29) is 30.6 Å². The molecule has 33 heavy (non-hydrogen) atoms. The van der Waals surface area contributed by atoms with Crippen molar-refractivity contribution in [1.82, 2.24) is 9.55 Å². The lowest BCUT2D eigenvalue weighted by molar-refractivity contribution is -0.268. The van der Waals surface area contributed by atoms with Crippen molar-refractivity contribution in [3.63, 3.8) is 0 Å². The van der Waals surface area contributed by atoms with Gasteiger partial charge in [-0.25, -0.2) is 4.98 Å². The van der Waals surface area contributed by atoms with Gasteiger partial charge in [-0.1, -0.05) is 55.1 Å². The highest BCUT2D eigenvalue weighted by Crippen LogP contribution is 2.43. The number of carbonyl (C=O) groups excluding carboxylic acids is 1. The molecule has 0 saturated carbocycles. The first-order valence-electron chi connectivity index (χ1n) is 10.9. The number of aliphatic hydroxyl groups is 1. The Morgan fingerprint density at radius 2 is 1.82 bits per heavy atom. The van der Waals surface area contributed by atoms with Crippen LogP contribution in [0.2, 0.25) is 0 Å². The Kier molecular flexibility index (Phi) is 7.49. The van der Waals surface area contributed by atoms with Crippen molar-refractivity contribution in [3.8, 4) is 0 Å². The predicted molar refractivity (Wildman–Crippen MR) is 128 cm³/mol. The van der Waals surface area contributed by atoms with Crippen molar-refractivity contribution >= 4 is 23.4 Å². The maximum atomic E-state index is 11.3. The molecule has 7 nitrogen and oxygen atoms in total. The van der Waals surface area contributed by atoms with E-state index in [0.717, 1.165) is 33.3 Å². The maximum Gasteiger partial charge on any atom is 0.221 e. The van der Waals surface area contributed by atoms with Crippen LogP contribution in [0.25, 0.3) is 0 Å². The zero-order valence-electron chi connectivity index (χ0n) is 19.0. The number of anilines is 1. The first-order valence-corrected chi connectivity index (χ1v) is 11.9. The molecule has 2 aromatic carbocycles. The minimum Gasteiger partial charge on any atom is -0.392 e. The molecule has 174 valence electrons. The summed E-state index contributed by atoms with van der Waals surface area (Å²) in [5.74, 6) is 0.730. The van der Waals surface area contributed by atoms with Gasteiger partial charge >= 0.3 is 0 Å². The van der Waals surface area contributed by atoms with Gasteiger partial charge in [0.05, 0.1) is 18.8 Å². The number of nitrogens with zero attached hydrogens (tertiary/aromatic N) is 2. The standard InChI is InChI=1S/C25H29N3O4S/c1-16-22(15-33-25-26-12-13-28(25)3)31-24(20-8-10-21(11-9-20)27-17(2)30)32-23(16)19-6-4-18(14-29)5-7-19/h4-13,16,22-24,29H,14-15H2,1-3H3,(H,27,30)/t16-,22+,23+,24+/m1/s1. The molecule has 1 aliphatic rings. The number of aromatic nitrogens is 2.